The molecular weight excluding hydrogens is 270 g/mol. The van der Waals surface area contributed by atoms with Crippen molar-refractivity contribution in [1.29, 1.82) is 0 Å². The molecule has 2 N–H and O–H groups in total. The molecule has 3 rings (SSSR count). The van der Waals surface area contributed by atoms with Crippen LogP contribution >= 0.6 is 0 Å². The molecule has 1 aliphatic heterocycles. The Morgan fingerprint density at radius 2 is 1.95 bits per heavy atom. The average Bonchev–Trinajstić information content (AvgIpc) is 3.07. The Morgan fingerprint density at radius 1 is 1.19 bits per heavy atom. The molecule has 0 spiro atoms. The fourth-order valence-electron chi connectivity index (χ4n) is 3.37. The summed E-state index contributed by atoms with van der Waals surface area (Å²) in [5.74, 6) is 1.15. The van der Waals surface area contributed by atoms with Crippen LogP contribution in [0.3, 0.4) is 0 Å². The van der Waals surface area contributed by atoms with Crippen LogP contribution in [0, 0.1) is 0 Å². The summed E-state index contributed by atoms with van der Waals surface area (Å²) in [5, 5.41) is 4.22. The van der Waals surface area contributed by atoms with E-state index >= 15 is 0 Å². The van der Waals surface area contributed by atoms with Crippen molar-refractivity contribution in [2.75, 3.05) is 19.8 Å². The van der Waals surface area contributed by atoms with Crippen molar-refractivity contribution in [3.8, 4) is 0 Å². The van der Waals surface area contributed by atoms with E-state index in [1.54, 1.807) is 0 Å². The van der Waals surface area contributed by atoms with Gasteiger partial charge in [0.2, 0.25) is 11.7 Å². The van der Waals surface area contributed by atoms with Gasteiger partial charge in [-0.25, -0.2) is 0 Å². The van der Waals surface area contributed by atoms with Crippen LogP contribution in [-0.4, -0.2) is 30.0 Å². The zero-order chi connectivity index (χ0) is 14.8. The standard InChI is InChI=1S/C15H25N3O3/c1-2-20-15(7-5-3-4-6-8-15)12-17-13(21-18-12)14(16)9-10-19-11-14/h2-11,16H2,1H3. The summed E-state index contributed by atoms with van der Waals surface area (Å²) in [6, 6.07) is 0. The molecule has 1 aliphatic carbocycles. The number of aromatic nitrogens is 2. The van der Waals surface area contributed by atoms with Gasteiger partial charge in [-0.05, 0) is 26.2 Å². The van der Waals surface area contributed by atoms with E-state index in [2.05, 4.69) is 10.1 Å². The van der Waals surface area contributed by atoms with Gasteiger partial charge in [0.1, 0.15) is 11.1 Å². The van der Waals surface area contributed by atoms with E-state index in [1.807, 2.05) is 6.92 Å². The van der Waals surface area contributed by atoms with Crippen LogP contribution in [0.15, 0.2) is 4.52 Å². The lowest BCUT2D eigenvalue weighted by molar-refractivity contribution is -0.0636. The number of nitrogens with zero attached hydrogens (tertiary/aromatic N) is 2. The second-order valence-corrected chi connectivity index (χ2v) is 6.22. The van der Waals surface area contributed by atoms with Crippen molar-refractivity contribution in [1.82, 2.24) is 10.1 Å². The van der Waals surface area contributed by atoms with Gasteiger partial charge in [0.05, 0.1) is 6.61 Å². The molecule has 1 atom stereocenters. The van der Waals surface area contributed by atoms with Gasteiger partial charge in [-0.2, -0.15) is 4.98 Å². The second kappa shape index (κ2) is 6.02. The highest BCUT2D eigenvalue weighted by Crippen LogP contribution is 2.39. The maximum absolute atomic E-state index is 6.31. The second-order valence-electron chi connectivity index (χ2n) is 6.22. The minimum atomic E-state index is -0.636. The summed E-state index contributed by atoms with van der Waals surface area (Å²) in [5.41, 5.74) is 5.27. The normalized spacial score (nSPS) is 29.4. The Balaban J connectivity index is 1.87. The predicted molar refractivity (Wildman–Crippen MR) is 76.6 cm³/mol. The third-order valence-electron chi connectivity index (χ3n) is 4.64. The topological polar surface area (TPSA) is 83.4 Å². The van der Waals surface area contributed by atoms with Gasteiger partial charge >= 0.3 is 0 Å². The van der Waals surface area contributed by atoms with Crippen LogP contribution in [0.25, 0.3) is 0 Å². The minimum absolute atomic E-state index is 0.400. The summed E-state index contributed by atoms with van der Waals surface area (Å²) in [4.78, 5) is 4.61. The van der Waals surface area contributed by atoms with Crippen LogP contribution in [0.4, 0.5) is 0 Å². The van der Waals surface area contributed by atoms with Crippen molar-refractivity contribution in [3.63, 3.8) is 0 Å². The quantitative estimate of drug-likeness (QED) is 0.858. The summed E-state index contributed by atoms with van der Waals surface area (Å²) >= 11 is 0. The molecule has 0 aromatic carbocycles. The van der Waals surface area contributed by atoms with E-state index < -0.39 is 11.1 Å². The first kappa shape index (κ1) is 14.9. The first-order valence-electron chi connectivity index (χ1n) is 8.04. The van der Waals surface area contributed by atoms with Gasteiger partial charge in [-0.15, -0.1) is 0 Å². The highest BCUT2D eigenvalue weighted by Gasteiger charge is 2.42. The van der Waals surface area contributed by atoms with Crippen molar-refractivity contribution >= 4 is 0 Å². The maximum atomic E-state index is 6.31. The van der Waals surface area contributed by atoms with Gasteiger partial charge in [0.15, 0.2) is 0 Å². The third-order valence-corrected chi connectivity index (χ3v) is 4.64. The van der Waals surface area contributed by atoms with Crippen LogP contribution in [0.2, 0.25) is 0 Å². The molecule has 1 saturated heterocycles. The first-order chi connectivity index (χ1) is 10.2. The molecule has 1 unspecified atom stereocenters. The predicted octanol–water partition coefficient (Wildman–Crippen LogP) is 2.23. The van der Waals surface area contributed by atoms with Crippen molar-refractivity contribution in [3.05, 3.63) is 11.7 Å². The molecule has 1 saturated carbocycles. The Labute approximate surface area is 125 Å². The number of hydrogen-bond acceptors (Lipinski definition) is 6. The summed E-state index contributed by atoms with van der Waals surface area (Å²) in [6.45, 7) is 3.75. The average molecular weight is 295 g/mol. The van der Waals surface area contributed by atoms with Gasteiger partial charge in [0.25, 0.3) is 0 Å². The zero-order valence-corrected chi connectivity index (χ0v) is 12.8. The molecule has 0 radical (unpaired) electrons. The third kappa shape index (κ3) is 2.84. The van der Waals surface area contributed by atoms with Crippen LogP contribution in [0.1, 0.15) is 63.6 Å². The molecule has 6 nitrogen and oxygen atoms in total. The lowest BCUT2D eigenvalue weighted by Gasteiger charge is -2.29. The lowest BCUT2D eigenvalue weighted by Crippen LogP contribution is -2.38. The number of ether oxygens (including phenoxy) is 2. The van der Waals surface area contributed by atoms with Gasteiger partial charge in [0, 0.05) is 13.2 Å². The molecule has 2 fully saturated rings. The van der Waals surface area contributed by atoms with E-state index in [0.29, 0.717) is 31.5 Å². The Bertz CT molecular complexity index is 460. The van der Waals surface area contributed by atoms with Crippen LogP contribution < -0.4 is 5.73 Å². The SMILES string of the molecule is CCOC1(c2noc(C3(N)CCOC3)n2)CCCCCC1. The summed E-state index contributed by atoms with van der Waals surface area (Å²) < 4.78 is 16.9. The van der Waals surface area contributed by atoms with Crippen LogP contribution in [-0.2, 0) is 20.6 Å². The van der Waals surface area contributed by atoms with Gasteiger partial charge < -0.3 is 19.7 Å². The fourth-order valence-corrected chi connectivity index (χ4v) is 3.37. The number of hydrogen-bond donors (Lipinski definition) is 1. The minimum Gasteiger partial charge on any atom is -0.379 e. The number of nitrogens with two attached hydrogens (primary N) is 1. The van der Waals surface area contributed by atoms with Crippen molar-refractivity contribution in [2.24, 2.45) is 5.73 Å². The van der Waals surface area contributed by atoms with Gasteiger partial charge in [-0.3, -0.25) is 0 Å². The molecule has 1 aromatic rings. The van der Waals surface area contributed by atoms with E-state index in [4.69, 9.17) is 19.7 Å². The first-order valence-corrected chi connectivity index (χ1v) is 8.04. The Kier molecular flexibility index (Phi) is 4.28. The van der Waals surface area contributed by atoms with Crippen molar-refractivity contribution in [2.45, 2.75) is 63.0 Å². The Morgan fingerprint density at radius 3 is 2.57 bits per heavy atom. The highest BCUT2D eigenvalue weighted by molar-refractivity contribution is 5.09. The van der Waals surface area contributed by atoms with E-state index in [0.717, 1.165) is 32.1 Å². The molecule has 0 bridgehead atoms. The van der Waals surface area contributed by atoms with Gasteiger partial charge in [-0.1, -0.05) is 30.8 Å². The lowest BCUT2D eigenvalue weighted by atomic mass is 9.93. The summed E-state index contributed by atoms with van der Waals surface area (Å²) in [7, 11) is 0. The smallest absolute Gasteiger partial charge is 0.249 e. The largest absolute Gasteiger partial charge is 0.379 e. The molecule has 118 valence electrons. The Hall–Kier alpha value is -0.980. The molecular formula is C15H25N3O3. The van der Waals surface area contributed by atoms with E-state index in [-0.39, 0.29) is 0 Å². The monoisotopic (exact) mass is 295 g/mol. The molecule has 6 heteroatoms. The fraction of sp³-hybridized carbons (Fsp3) is 0.867. The van der Waals surface area contributed by atoms with Crippen LogP contribution in [0.5, 0.6) is 0 Å². The molecule has 2 aliphatic rings. The van der Waals surface area contributed by atoms with E-state index in [1.165, 1.54) is 12.8 Å². The molecule has 1 aromatic heterocycles. The molecule has 21 heavy (non-hydrogen) atoms. The summed E-state index contributed by atoms with van der Waals surface area (Å²) in [6.07, 6.45) is 7.39. The van der Waals surface area contributed by atoms with E-state index in [9.17, 15) is 0 Å². The highest BCUT2D eigenvalue weighted by atomic mass is 16.5. The maximum Gasteiger partial charge on any atom is 0.249 e. The molecule has 2 heterocycles. The molecule has 0 amide bonds. The zero-order valence-electron chi connectivity index (χ0n) is 12.8. The number of rotatable bonds is 4. The van der Waals surface area contributed by atoms with Crippen molar-refractivity contribution < 1.29 is 14.0 Å².